The molecule has 536 valence electrons. The number of hydrogen-bond acceptors (Lipinski definition) is 14. The van der Waals surface area contributed by atoms with Crippen LogP contribution in [0.4, 0.5) is 31.5 Å². The highest BCUT2D eigenvalue weighted by atomic mass is 19.1. The van der Waals surface area contributed by atoms with Gasteiger partial charge >= 0.3 is 5.97 Å². The van der Waals surface area contributed by atoms with E-state index in [1.807, 2.05) is 96.9 Å². The van der Waals surface area contributed by atoms with Crippen LogP contribution < -0.4 is 55.0 Å². The fourth-order valence-electron chi connectivity index (χ4n) is 9.52. The number of benzene rings is 6. The van der Waals surface area contributed by atoms with E-state index in [0.717, 1.165) is 31.7 Å². The third-order valence-corrected chi connectivity index (χ3v) is 14.7. The number of carbonyl (C=O) groups is 6. The summed E-state index contributed by atoms with van der Waals surface area (Å²) in [5, 5.41) is 23.9. The van der Waals surface area contributed by atoms with Gasteiger partial charge in [0.05, 0.1) is 79.2 Å². The van der Waals surface area contributed by atoms with Crippen molar-refractivity contribution in [3.05, 3.63) is 154 Å². The van der Waals surface area contributed by atoms with Gasteiger partial charge in [0.25, 0.3) is 29.5 Å². The van der Waals surface area contributed by atoms with Gasteiger partial charge in [-0.2, -0.15) is 0 Å². The molecule has 0 heterocycles. The maximum absolute atomic E-state index is 14.5. The van der Waals surface area contributed by atoms with Gasteiger partial charge in [0.15, 0.2) is 23.1 Å². The number of carboxylic acids is 1. The van der Waals surface area contributed by atoms with Crippen molar-refractivity contribution in [1.82, 2.24) is 5.32 Å². The second-order valence-electron chi connectivity index (χ2n) is 28.1. The molecule has 0 saturated heterocycles. The van der Waals surface area contributed by atoms with Gasteiger partial charge in [-0.15, -0.1) is 0 Å². The number of ether oxygens (including phenoxy) is 8. The summed E-state index contributed by atoms with van der Waals surface area (Å²) in [7, 11) is 0. The lowest BCUT2D eigenvalue weighted by atomic mass is 9.87. The lowest BCUT2D eigenvalue weighted by Crippen LogP contribution is -2.37. The molecule has 99 heavy (non-hydrogen) atoms. The molecule has 5 amide bonds. The molecule has 0 aliphatic heterocycles. The number of halogens is 2. The van der Waals surface area contributed by atoms with E-state index < -0.39 is 41.2 Å². The molecule has 20 nitrogen and oxygen atoms in total. The molecule has 1 aliphatic carbocycles. The third-order valence-electron chi connectivity index (χ3n) is 14.7. The molecule has 0 bridgehead atoms. The summed E-state index contributed by atoms with van der Waals surface area (Å²) in [6, 6.07) is 26.3. The van der Waals surface area contributed by atoms with Gasteiger partial charge in [0.2, 0.25) is 0 Å². The Morgan fingerprint density at radius 2 is 0.667 bits per heavy atom. The fourth-order valence-corrected chi connectivity index (χ4v) is 9.52. The van der Waals surface area contributed by atoms with Crippen LogP contribution >= 0.6 is 0 Å². The number of hydrogen-bond donors (Lipinski definition) is 6. The Hall–Kier alpha value is -9.28. The molecule has 7 rings (SSSR count). The van der Waals surface area contributed by atoms with Crippen molar-refractivity contribution in [2.24, 2.45) is 29.6 Å². The van der Waals surface area contributed by atoms with Crippen LogP contribution in [-0.4, -0.2) is 111 Å². The summed E-state index contributed by atoms with van der Waals surface area (Å²) in [4.78, 5) is 78.2. The maximum atomic E-state index is 14.5. The summed E-state index contributed by atoms with van der Waals surface area (Å²) in [5.74, 6) is -2.10. The van der Waals surface area contributed by atoms with Gasteiger partial charge in [0, 0.05) is 33.9 Å². The van der Waals surface area contributed by atoms with Crippen LogP contribution in [0.3, 0.4) is 0 Å². The zero-order valence-corrected chi connectivity index (χ0v) is 59.8. The number of amides is 5. The predicted octanol–water partition coefficient (Wildman–Crippen LogP) is 16.2. The van der Waals surface area contributed by atoms with Crippen LogP contribution in [0.25, 0.3) is 0 Å². The van der Waals surface area contributed by atoms with E-state index in [1.54, 1.807) is 36.4 Å². The summed E-state index contributed by atoms with van der Waals surface area (Å²) in [5.41, 5.74) is 1.94. The van der Waals surface area contributed by atoms with E-state index in [4.69, 9.17) is 37.9 Å². The number of rotatable bonds is 31. The van der Waals surface area contributed by atoms with E-state index in [9.17, 15) is 42.7 Å². The minimum atomic E-state index is -1.12. The molecule has 0 atom stereocenters. The number of nitrogens with one attached hydrogen (secondary N) is 5. The topological polar surface area (TPSA) is 257 Å². The smallest absolute Gasteiger partial charge is 0.335 e. The van der Waals surface area contributed by atoms with Gasteiger partial charge < -0.3 is 69.6 Å². The molecule has 0 radical (unpaired) electrons. The largest absolute Gasteiger partial charge is 0.491 e. The molecular formula is C77H99F2N5O15. The molecule has 22 heteroatoms. The summed E-state index contributed by atoms with van der Waals surface area (Å²) in [6.45, 7) is 31.6. The molecular weight excluding hydrogens is 1270 g/mol. The summed E-state index contributed by atoms with van der Waals surface area (Å²) >= 11 is 0. The Kier molecular flexibility index (Phi) is 29.5. The maximum Gasteiger partial charge on any atom is 0.335 e. The van der Waals surface area contributed by atoms with E-state index in [1.165, 1.54) is 66.7 Å². The quantitative estimate of drug-likeness (QED) is 0.0221. The van der Waals surface area contributed by atoms with E-state index in [0.29, 0.717) is 66.4 Å². The lowest BCUT2D eigenvalue weighted by Gasteiger charge is -2.27. The van der Waals surface area contributed by atoms with Crippen molar-refractivity contribution in [2.45, 2.75) is 147 Å². The molecule has 6 N–H and O–H groups in total. The van der Waals surface area contributed by atoms with E-state index in [-0.39, 0.29) is 130 Å². The highest BCUT2D eigenvalue weighted by Gasteiger charge is 2.25. The van der Waals surface area contributed by atoms with Crippen molar-refractivity contribution < 1.29 is 80.5 Å². The van der Waals surface area contributed by atoms with Gasteiger partial charge in [0.1, 0.15) is 36.2 Å². The van der Waals surface area contributed by atoms with Crippen molar-refractivity contribution >= 4 is 58.3 Å². The van der Waals surface area contributed by atoms with Crippen LogP contribution in [0, 0.1) is 41.2 Å². The third kappa shape index (κ3) is 26.5. The molecule has 0 unspecified atom stereocenters. The highest BCUT2D eigenvalue weighted by Crippen LogP contribution is 2.34. The fraction of sp³-hybridized carbons (Fsp3) is 0.455. The Morgan fingerprint density at radius 3 is 0.960 bits per heavy atom. The molecule has 1 aliphatic rings. The molecule has 0 aromatic heterocycles. The van der Waals surface area contributed by atoms with Crippen LogP contribution in [-0.2, 0) is 9.47 Å². The van der Waals surface area contributed by atoms with Gasteiger partial charge in [-0.1, -0.05) is 62.3 Å². The van der Waals surface area contributed by atoms with Crippen molar-refractivity contribution in [1.29, 1.82) is 0 Å². The van der Waals surface area contributed by atoms with E-state index in [2.05, 4.69) is 33.5 Å². The van der Waals surface area contributed by atoms with Gasteiger partial charge in [-0.25, -0.2) is 13.6 Å². The van der Waals surface area contributed by atoms with Crippen molar-refractivity contribution in [3.63, 3.8) is 0 Å². The van der Waals surface area contributed by atoms with E-state index >= 15 is 0 Å². The Morgan fingerprint density at radius 1 is 0.394 bits per heavy atom. The first-order chi connectivity index (χ1) is 46.7. The highest BCUT2D eigenvalue weighted by molar-refractivity contribution is 6.09. The van der Waals surface area contributed by atoms with Crippen molar-refractivity contribution in [3.8, 4) is 34.5 Å². The average Bonchev–Trinajstić information content (AvgIpc) is 0.835. The number of anilines is 4. The first kappa shape index (κ1) is 78.7. The van der Waals surface area contributed by atoms with Crippen LogP contribution in [0.1, 0.15) is 192 Å². The second-order valence-corrected chi connectivity index (χ2v) is 28.1. The van der Waals surface area contributed by atoms with Gasteiger partial charge in [-0.05, 0) is 206 Å². The molecule has 1 fully saturated rings. The lowest BCUT2D eigenvalue weighted by molar-refractivity contribution is -0.0169. The zero-order valence-electron chi connectivity index (χ0n) is 59.8. The number of carbonyl (C=O) groups excluding carboxylic acids is 5. The minimum absolute atomic E-state index is 0.0237. The number of carboxylic acid groups (broad SMARTS) is 1. The normalized spacial score (nSPS) is 13.8. The molecule has 0 spiro atoms. The minimum Gasteiger partial charge on any atom is -0.491 e. The first-order valence-electron chi connectivity index (χ1n) is 33.7. The predicted molar refractivity (Wildman–Crippen MR) is 380 cm³/mol. The molecule has 1 saturated carbocycles. The van der Waals surface area contributed by atoms with Gasteiger partial charge in [-0.3, -0.25) is 24.0 Å². The molecule has 6 aromatic rings. The monoisotopic (exact) mass is 1370 g/mol. The van der Waals surface area contributed by atoms with Crippen LogP contribution in [0.5, 0.6) is 34.5 Å². The second kappa shape index (κ2) is 37.1. The summed E-state index contributed by atoms with van der Waals surface area (Å²) in [6.07, 6.45) is 4.10. The summed E-state index contributed by atoms with van der Waals surface area (Å²) < 4.78 is 75.1. The Labute approximate surface area is 580 Å². The standard InChI is InChI=1S/C42H56FN3O7.C35H43FN2O8/c1-26(2)24-51-37-22-30(39(47)44-32-14-9-28(5)10-15-32)12-17-34(37)46-41(49)31-13-18-35(38(23-31)52-25-27(3)4)45-40(48)29-11-16-33(43)36(21-29)50-19-20-53-42(6,7)8;1-21(2)19-44-30-17-24(33(40)38-28-13-10-25(34(41)42)18-31(28)45-20-22(3)4)9-12-27(30)37-32(39)23-8-11-26(36)29(16-23)43-14-15-46-35(5,6)7/h11-13,16-18,21-23,26-28,32H,9-10,14-15,19-20,24-25H2,1-8H3,(H,44,47)(H,45,48)(H,46,49);8-13,16-18,21-22H,14-15,19-20H2,1-7H3,(H,37,39)(H,38,40)(H,41,42). The first-order valence-corrected chi connectivity index (χ1v) is 33.7. The Balaban J connectivity index is 0.000000315. The zero-order chi connectivity index (χ0) is 72.7. The number of aromatic carboxylic acids is 1. The Bertz CT molecular complexity index is 3720. The van der Waals surface area contributed by atoms with Crippen molar-refractivity contribution in [2.75, 3.05) is 74.1 Å². The van der Waals surface area contributed by atoms with Crippen LogP contribution in [0.15, 0.2) is 109 Å². The average molecular weight is 1370 g/mol. The SMILES string of the molecule is CC(C)COc1cc(C(=O)Nc2ccc(C(=O)NC3CCC(C)CC3)cc2OCC(C)C)ccc1NC(=O)c1ccc(F)c(OCCOC(C)(C)C)c1.CC(C)COc1cc(C(=O)O)ccc1NC(=O)c1ccc(NC(=O)c2ccc(F)c(OCCOC(C)(C)C)c2)c(OCC(C)C)c1. The van der Waals surface area contributed by atoms with Crippen LogP contribution in [0.2, 0.25) is 0 Å². The molecule has 6 aromatic carbocycles.